The van der Waals surface area contributed by atoms with E-state index in [0.717, 1.165) is 33.9 Å². The highest BCUT2D eigenvalue weighted by molar-refractivity contribution is 6.01. The third-order valence-corrected chi connectivity index (χ3v) is 7.08. The molecular formula is C31H34N2O5. The van der Waals surface area contributed by atoms with Crippen molar-refractivity contribution in [3.8, 4) is 23.0 Å². The molecule has 38 heavy (non-hydrogen) atoms. The highest BCUT2D eigenvalue weighted by Crippen LogP contribution is 2.49. The fraction of sp³-hybridized carbons (Fsp3) is 0.323. The quantitative estimate of drug-likeness (QED) is 0.374. The molecule has 0 saturated carbocycles. The Kier molecular flexibility index (Phi) is 7.18. The van der Waals surface area contributed by atoms with E-state index in [0.29, 0.717) is 35.7 Å². The molecule has 0 bridgehead atoms. The monoisotopic (exact) mass is 514 g/mol. The number of hydrogen-bond acceptors (Lipinski definition) is 7. The van der Waals surface area contributed by atoms with Crippen molar-refractivity contribution in [2.75, 3.05) is 32.0 Å². The van der Waals surface area contributed by atoms with E-state index in [1.54, 1.807) is 21.3 Å². The Bertz CT molecular complexity index is 1360. The number of rotatable bonds is 7. The topological polar surface area (TPSA) is 78.1 Å². The average molecular weight is 515 g/mol. The molecular weight excluding hydrogens is 480 g/mol. The molecule has 2 atom stereocenters. The lowest BCUT2D eigenvalue weighted by atomic mass is 9.78. The first kappa shape index (κ1) is 25.5. The number of carbonyl (C=O) groups excluding carboxylic acids is 1. The van der Waals surface area contributed by atoms with Gasteiger partial charge in [0, 0.05) is 23.3 Å². The first-order chi connectivity index (χ1) is 18.4. The smallest absolute Gasteiger partial charge is 0.203 e. The van der Waals surface area contributed by atoms with Gasteiger partial charge in [-0.2, -0.15) is 0 Å². The van der Waals surface area contributed by atoms with E-state index in [1.165, 1.54) is 0 Å². The summed E-state index contributed by atoms with van der Waals surface area (Å²) in [4.78, 5) is 13.9. The summed E-state index contributed by atoms with van der Waals surface area (Å²) in [6.45, 7) is 4.02. The summed E-state index contributed by atoms with van der Waals surface area (Å²) in [6.07, 6.45) is 1.22. The molecule has 0 radical (unpaired) electrons. The van der Waals surface area contributed by atoms with Crippen molar-refractivity contribution in [1.29, 1.82) is 0 Å². The second-order valence-electron chi connectivity index (χ2n) is 9.83. The minimum atomic E-state index is -0.439. The van der Waals surface area contributed by atoms with Crippen LogP contribution in [0.25, 0.3) is 0 Å². The van der Waals surface area contributed by atoms with Gasteiger partial charge in [0.15, 0.2) is 17.3 Å². The molecule has 1 aliphatic heterocycles. The Labute approximate surface area is 223 Å². The van der Waals surface area contributed by atoms with Crippen LogP contribution in [-0.4, -0.2) is 33.2 Å². The Hall–Kier alpha value is -4.13. The summed E-state index contributed by atoms with van der Waals surface area (Å²) in [5.74, 6) is 2.57. The first-order valence-electron chi connectivity index (χ1n) is 12.9. The van der Waals surface area contributed by atoms with E-state index in [1.807, 2.05) is 62.4 Å². The Morgan fingerprint density at radius 2 is 1.53 bits per heavy atom. The summed E-state index contributed by atoms with van der Waals surface area (Å²) in [5, 5.41) is 7.21. The zero-order valence-corrected chi connectivity index (χ0v) is 22.5. The number of fused-ring (bicyclic) bond motifs is 1. The number of ketones is 1. The minimum absolute atomic E-state index is 0.0556. The van der Waals surface area contributed by atoms with Gasteiger partial charge < -0.3 is 29.6 Å². The largest absolute Gasteiger partial charge is 0.493 e. The first-order valence-corrected chi connectivity index (χ1v) is 12.9. The van der Waals surface area contributed by atoms with Gasteiger partial charge in [-0.3, -0.25) is 4.79 Å². The molecule has 2 N–H and O–H groups in total. The molecule has 3 aromatic rings. The zero-order chi connectivity index (χ0) is 26.8. The number of benzene rings is 3. The number of hydrogen-bond donors (Lipinski definition) is 2. The summed E-state index contributed by atoms with van der Waals surface area (Å²) in [5.41, 5.74) is 5.38. The predicted octanol–water partition coefficient (Wildman–Crippen LogP) is 6.48. The summed E-state index contributed by atoms with van der Waals surface area (Å²) in [6, 6.07) is 19.4. The van der Waals surface area contributed by atoms with Crippen molar-refractivity contribution in [3.05, 3.63) is 83.1 Å². The van der Waals surface area contributed by atoms with Gasteiger partial charge in [0.2, 0.25) is 5.75 Å². The van der Waals surface area contributed by atoms with Crippen molar-refractivity contribution in [1.82, 2.24) is 0 Å². The second-order valence-corrected chi connectivity index (χ2v) is 9.83. The van der Waals surface area contributed by atoms with Crippen LogP contribution in [0.4, 0.5) is 11.4 Å². The highest BCUT2D eigenvalue weighted by Gasteiger charge is 2.38. The molecule has 198 valence electrons. The van der Waals surface area contributed by atoms with Crippen molar-refractivity contribution >= 4 is 17.2 Å². The maximum Gasteiger partial charge on any atom is 0.203 e. The fourth-order valence-corrected chi connectivity index (χ4v) is 5.40. The molecule has 7 heteroatoms. The predicted molar refractivity (Wildman–Crippen MR) is 149 cm³/mol. The van der Waals surface area contributed by atoms with Crippen LogP contribution in [0.2, 0.25) is 0 Å². The lowest BCUT2D eigenvalue weighted by Gasteiger charge is -2.31. The number of ether oxygens (including phenoxy) is 4. The Morgan fingerprint density at radius 1 is 0.816 bits per heavy atom. The van der Waals surface area contributed by atoms with Gasteiger partial charge in [-0.25, -0.2) is 0 Å². The third kappa shape index (κ3) is 4.76. The number of anilines is 2. The Balaban J connectivity index is 1.59. The maximum atomic E-state index is 13.9. The van der Waals surface area contributed by atoms with Gasteiger partial charge in [0.1, 0.15) is 5.75 Å². The summed E-state index contributed by atoms with van der Waals surface area (Å²) >= 11 is 0. The number of methoxy groups -OCH3 is 3. The summed E-state index contributed by atoms with van der Waals surface area (Å²) < 4.78 is 22.8. The second kappa shape index (κ2) is 10.7. The number of nitrogens with one attached hydrogen (secondary N) is 2. The number of allylic oxidation sites excluding steroid dienone is 1. The van der Waals surface area contributed by atoms with Crippen molar-refractivity contribution in [2.45, 2.75) is 44.8 Å². The normalized spacial score (nSPS) is 18.5. The van der Waals surface area contributed by atoms with Crippen molar-refractivity contribution < 1.29 is 23.7 Å². The molecule has 1 aliphatic carbocycles. The fourth-order valence-electron chi connectivity index (χ4n) is 5.40. The molecule has 2 unspecified atom stereocenters. The van der Waals surface area contributed by atoms with E-state index in [-0.39, 0.29) is 17.8 Å². The van der Waals surface area contributed by atoms with Crippen LogP contribution in [0.15, 0.2) is 71.9 Å². The Morgan fingerprint density at radius 3 is 2.18 bits per heavy atom. The zero-order valence-electron chi connectivity index (χ0n) is 22.5. The van der Waals surface area contributed by atoms with E-state index in [4.69, 9.17) is 18.9 Å². The molecule has 7 nitrogen and oxygen atoms in total. The molecule has 3 aromatic carbocycles. The van der Waals surface area contributed by atoms with Gasteiger partial charge in [-0.1, -0.05) is 24.3 Å². The number of Topliss-reactive ketones (excluding diaryl/α,β-unsaturated/α-hetero) is 1. The van der Waals surface area contributed by atoms with Crippen LogP contribution < -0.4 is 29.6 Å². The molecule has 1 heterocycles. The van der Waals surface area contributed by atoms with E-state index in [9.17, 15) is 4.79 Å². The maximum absolute atomic E-state index is 13.9. The van der Waals surface area contributed by atoms with Gasteiger partial charge >= 0.3 is 0 Å². The molecule has 0 saturated heterocycles. The van der Waals surface area contributed by atoms with Crippen LogP contribution in [-0.2, 0) is 4.79 Å². The molecule has 5 rings (SSSR count). The minimum Gasteiger partial charge on any atom is -0.493 e. The lowest BCUT2D eigenvalue weighted by molar-refractivity contribution is -0.116. The van der Waals surface area contributed by atoms with Crippen LogP contribution in [0.5, 0.6) is 23.0 Å². The van der Waals surface area contributed by atoms with Crippen LogP contribution in [0, 0.1) is 0 Å². The van der Waals surface area contributed by atoms with Crippen LogP contribution >= 0.6 is 0 Å². The van der Waals surface area contributed by atoms with Gasteiger partial charge in [0.25, 0.3) is 0 Å². The average Bonchev–Trinajstić information content (AvgIpc) is 3.09. The lowest BCUT2D eigenvalue weighted by Crippen LogP contribution is -2.27. The highest BCUT2D eigenvalue weighted by atomic mass is 16.5. The third-order valence-electron chi connectivity index (χ3n) is 7.08. The van der Waals surface area contributed by atoms with E-state index >= 15 is 0 Å². The molecule has 0 amide bonds. The van der Waals surface area contributed by atoms with E-state index < -0.39 is 6.04 Å². The molecule has 0 fully saturated rings. The number of para-hydroxylation sites is 2. The van der Waals surface area contributed by atoms with Crippen molar-refractivity contribution in [2.24, 2.45) is 0 Å². The van der Waals surface area contributed by atoms with Crippen LogP contribution in [0.1, 0.15) is 49.8 Å². The standard InChI is InChI=1S/C31H34N2O5/c1-18(2)38-21-12-10-19(11-13-21)20-16-25-28(26(34)17-20)29(33-24-9-7-6-8-23(24)32-25)22-14-15-27(35-3)31(37-5)30(22)36-4/h6-15,18,20,29,32-33H,16-17H2,1-5H3. The SMILES string of the molecule is COc1ccc(C2Nc3ccccc3NC3=C2C(=O)CC(c2ccc(OC(C)C)cc2)C3)c(OC)c1OC. The van der Waals surface area contributed by atoms with Gasteiger partial charge in [-0.15, -0.1) is 0 Å². The molecule has 0 aromatic heterocycles. The molecule has 0 spiro atoms. The van der Waals surface area contributed by atoms with Crippen molar-refractivity contribution in [3.63, 3.8) is 0 Å². The van der Waals surface area contributed by atoms with Gasteiger partial charge in [0.05, 0.1) is 44.8 Å². The molecule has 2 aliphatic rings. The van der Waals surface area contributed by atoms with E-state index in [2.05, 4.69) is 22.8 Å². The van der Waals surface area contributed by atoms with Gasteiger partial charge in [-0.05, 0) is 68.1 Å². The summed E-state index contributed by atoms with van der Waals surface area (Å²) in [7, 11) is 4.78. The number of carbonyl (C=O) groups is 1. The van der Waals surface area contributed by atoms with Crippen LogP contribution in [0.3, 0.4) is 0 Å².